The molecule has 1 rings (SSSR count). The fraction of sp³-hybridized carbons (Fsp3) is 1.00. The van der Waals surface area contributed by atoms with Crippen LogP contribution in [0.15, 0.2) is 0 Å². The minimum absolute atomic E-state index is 0.282. The van der Waals surface area contributed by atoms with Crippen molar-refractivity contribution in [2.24, 2.45) is 0 Å². The van der Waals surface area contributed by atoms with Gasteiger partial charge in [0.1, 0.15) is 5.78 Å². The van der Waals surface area contributed by atoms with Crippen LogP contribution in [0.25, 0.3) is 0 Å². The largest absolute Gasteiger partial charge is 0.347 e. The monoisotopic (exact) mass is 179 g/mol. The van der Waals surface area contributed by atoms with Crippen LogP contribution in [0.2, 0.25) is 0 Å². The molecule has 5 heteroatoms. The third-order valence-corrected chi connectivity index (χ3v) is 3.86. The van der Waals surface area contributed by atoms with E-state index in [0.29, 0.717) is 6.61 Å². The van der Waals surface area contributed by atoms with E-state index in [9.17, 15) is 4.57 Å². The predicted octanol–water partition coefficient (Wildman–Crippen LogP) is 0.868. The van der Waals surface area contributed by atoms with Crippen LogP contribution in [0.3, 0.4) is 0 Å². The summed E-state index contributed by atoms with van der Waals surface area (Å²) in [5, 5.41) is 0. The van der Waals surface area contributed by atoms with Gasteiger partial charge >= 0.3 is 7.60 Å². The minimum Gasteiger partial charge on any atom is -0.323 e. The van der Waals surface area contributed by atoms with Crippen molar-refractivity contribution in [3.05, 3.63) is 0 Å². The maximum absolute atomic E-state index is 11.0. The highest BCUT2D eigenvalue weighted by Gasteiger charge is 2.45. The van der Waals surface area contributed by atoms with Crippen molar-refractivity contribution >= 4 is 7.60 Å². The molecule has 0 radical (unpaired) electrons. The highest BCUT2D eigenvalue weighted by molar-refractivity contribution is 7.54. The molecular weight excluding hydrogens is 165 g/mol. The first kappa shape index (κ1) is 9.20. The molecule has 1 fully saturated rings. The lowest BCUT2D eigenvalue weighted by atomic mass is 10.3. The Labute approximate surface area is 66.7 Å². The Morgan fingerprint density at radius 1 is 1.73 bits per heavy atom. The summed E-state index contributed by atoms with van der Waals surface area (Å²) >= 11 is 0. The first-order valence-corrected chi connectivity index (χ1v) is 5.29. The molecule has 0 saturated carbocycles. The van der Waals surface area contributed by atoms with Gasteiger partial charge in [-0.3, -0.25) is 9.46 Å². The fourth-order valence-corrected chi connectivity index (χ4v) is 2.23. The van der Waals surface area contributed by atoms with Gasteiger partial charge in [-0.05, 0) is 20.9 Å². The summed E-state index contributed by atoms with van der Waals surface area (Å²) in [6.07, 6.45) is 0. The number of nitrogens with zero attached hydrogens (tertiary/aromatic N) is 1. The lowest BCUT2D eigenvalue weighted by Gasteiger charge is -2.39. The summed E-state index contributed by atoms with van der Waals surface area (Å²) < 4.78 is 15.6. The molecule has 0 amide bonds. The second-order valence-corrected chi connectivity index (χ2v) is 5.08. The number of rotatable bonds is 2. The van der Waals surface area contributed by atoms with Gasteiger partial charge in [0.15, 0.2) is 0 Å². The average Bonchev–Trinajstić information content (AvgIpc) is 1.85. The maximum atomic E-state index is 11.0. The number of hydrogen-bond acceptors (Lipinski definition) is 3. The van der Waals surface area contributed by atoms with E-state index in [1.165, 1.54) is 0 Å². The molecule has 4 nitrogen and oxygen atoms in total. The molecule has 66 valence electrons. The van der Waals surface area contributed by atoms with Crippen LogP contribution < -0.4 is 0 Å². The van der Waals surface area contributed by atoms with Crippen LogP contribution in [0.1, 0.15) is 13.8 Å². The lowest BCUT2D eigenvalue weighted by Crippen LogP contribution is -2.45. The maximum Gasteiger partial charge on any atom is 0.347 e. The molecule has 2 unspecified atom stereocenters. The molecule has 1 aliphatic heterocycles. The third-order valence-electron chi connectivity index (χ3n) is 2.07. The summed E-state index contributed by atoms with van der Waals surface area (Å²) in [5.41, 5.74) is 0. The van der Waals surface area contributed by atoms with E-state index in [4.69, 9.17) is 4.89 Å². The van der Waals surface area contributed by atoms with Gasteiger partial charge in [-0.15, -0.1) is 0 Å². The van der Waals surface area contributed by atoms with E-state index in [-0.39, 0.29) is 11.8 Å². The van der Waals surface area contributed by atoms with Gasteiger partial charge < -0.3 is 9.42 Å². The molecule has 0 aliphatic carbocycles. The summed E-state index contributed by atoms with van der Waals surface area (Å²) in [4.78, 5) is 10.9. The zero-order chi connectivity index (χ0) is 8.65. The standard InChI is InChI=1S/C6H14NO3P/c1-5(2)7(3)6-4-10-11(6,8)9/h5-6H,4H2,1-3H3,(H,8,9). The normalized spacial score (nSPS) is 37.8. The van der Waals surface area contributed by atoms with Crippen molar-refractivity contribution < 1.29 is 14.0 Å². The minimum atomic E-state index is -3.26. The molecule has 11 heavy (non-hydrogen) atoms. The predicted molar refractivity (Wildman–Crippen MR) is 42.5 cm³/mol. The Morgan fingerprint density at radius 2 is 2.27 bits per heavy atom. The zero-order valence-corrected chi connectivity index (χ0v) is 7.91. The van der Waals surface area contributed by atoms with Gasteiger partial charge in [-0.2, -0.15) is 0 Å². The van der Waals surface area contributed by atoms with Gasteiger partial charge in [0, 0.05) is 6.04 Å². The third kappa shape index (κ3) is 1.64. The molecule has 1 N–H and O–H groups in total. The van der Waals surface area contributed by atoms with Crippen molar-refractivity contribution in [1.29, 1.82) is 0 Å². The molecule has 0 spiro atoms. The van der Waals surface area contributed by atoms with Gasteiger partial charge in [0.05, 0.1) is 6.61 Å². The summed E-state index contributed by atoms with van der Waals surface area (Å²) in [5.74, 6) is -0.289. The Morgan fingerprint density at radius 3 is 2.36 bits per heavy atom. The smallest absolute Gasteiger partial charge is 0.323 e. The summed E-state index contributed by atoms with van der Waals surface area (Å²) in [6.45, 7) is 4.35. The fourth-order valence-electron chi connectivity index (χ4n) is 0.961. The second-order valence-electron chi connectivity index (χ2n) is 3.10. The Kier molecular flexibility index (Phi) is 2.40. The van der Waals surface area contributed by atoms with E-state index in [1.807, 2.05) is 25.8 Å². The highest BCUT2D eigenvalue weighted by atomic mass is 31.2. The van der Waals surface area contributed by atoms with Crippen LogP contribution in [-0.2, 0) is 9.09 Å². The van der Waals surface area contributed by atoms with Crippen LogP contribution in [0, 0.1) is 0 Å². The molecule has 0 bridgehead atoms. The van der Waals surface area contributed by atoms with Gasteiger partial charge in [-0.1, -0.05) is 0 Å². The number of likely N-dealkylation sites (N-methyl/N-ethyl adjacent to an activating group) is 1. The van der Waals surface area contributed by atoms with E-state index >= 15 is 0 Å². The first-order chi connectivity index (χ1) is 4.95. The lowest BCUT2D eigenvalue weighted by molar-refractivity contribution is 0.0866. The highest BCUT2D eigenvalue weighted by Crippen LogP contribution is 2.57. The second kappa shape index (κ2) is 2.87. The zero-order valence-electron chi connectivity index (χ0n) is 7.02. The van der Waals surface area contributed by atoms with E-state index in [2.05, 4.69) is 4.52 Å². The van der Waals surface area contributed by atoms with Crippen LogP contribution in [0.4, 0.5) is 0 Å². The molecule has 0 aromatic carbocycles. The van der Waals surface area contributed by atoms with Crippen LogP contribution in [-0.4, -0.2) is 35.3 Å². The Bertz CT molecular complexity index is 194. The number of hydrogen-bond donors (Lipinski definition) is 1. The van der Waals surface area contributed by atoms with E-state index < -0.39 is 7.60 Å². The van der Waals surface area contributed by atoms with Crippen molar-refractivity contribution in [2.75, 3.05) is 13.7 Å². The Balaban J connectivity index is 2.56. The molecule has 1 heterocycles. The van der Waals surface area contributed by atoms with E-state index in [1.54, 1.807) is 0 Å². The summed E-state index contributed by atoms with van der Waals surface area (Å²) in [6, 6.07) is 0.282. The topological polar surface area (TPSA) is 49.8 Å². The van der Waals surface area contributed by atoms with E-state index in [0.717, 1.165) is 0 Å². The molecule has 1 aliphatic rings. The molecular formula is C6H14NO3P. The molecule has 0 aromatic heterocycles. The van der Waals surface area contributed by atoms with Gasteiger partial charge in [0.2, 0.25) is 0 Å². The molecule has 1 saturated heterocycles. The van der Waals surface area contributed by atoms with Gasteiger partial charge in [-0.25, -0.2) is 0 Å². The SMILES string of the molecule is CC(C)N(C)C1COP1(=O)O. The van der Waals surface area contributed by atoms with Gasteiger partial charge in [0.25, 0.3) is 0 Å². The first-order valence-electron chi connectivity index (χ1n) is 3.64. The van der Waals surface area contributed by atoms with Crippen LogP contribution >= 0.6 is 7.60 Å². The summed E-state index contributed by atoms with van der Waals surface area (Å²) in [7, 11) is -1.43. The Hall–Kier alpha value is 0.110. The average molecular weight is 179 g/mol. The van der Waals surface area contributed by atoms with Crippen LogP contribution in [0.5, 0.6) is 0 Å². The van der Waals surface area contributed by atoms with Crippen molar-refractivity contribution in [2.45, 2.75) is 25.7 Å². The van der Waals surface area contributed by atoms with Crippen molar-refractivity contribution in [3.63, 3.8) is 0 Å². The van der Waals surface area contributed by atoms with Crippen molar-refractivity contribution in [3.8, 4) is 0 Å². The quantitative estimate of drug-likeness (QED) is 0.639. The van der Waals surface area contributed by atoms with Crippen molar-refractivity contribution in [1.82, 2.24) is 4.90 Å². The molecule has 0 aromatic rings. The molecule has 2 atom stereocenters.